The summed E-state index contributed by atoms with van der Waals surface area (Å²) in [6.45, 7) is 0.490. The molecule has 6 nitrogen and oxygen atoms in total. The summed E-state index contributed by atoms with van der Waals surface area (Å²) in [5.74, 6) is 0.859. The van der Waals surface area contributed by atoms with Crippen LogP contribution in [0.1, 0.15) is 23.6 Å². The number of carbonyl (C=O) groups excluding carboxylic acids is 2. The standard InChI is InChI=1S/C22H26N2O4/c1-24-20(25)14-17(21(24)16-7-5-4-6-8-16)22(26)23-12-11-15-9-10-18(27-2)19(13-15)28-3/h4-10,13,17,21H,11-12,14H2,1-3H3,(H,23,26)/t17-,21-/m0/s1. The van der Waals surface area contributed by atoms with Gasteiger partial charge < -0.3 is 19.7 Å². The van der Waals surface area contributed by atoms with Crippen molar-refractivity contribution < 1.29 is 19.1 Å². The number of hydrogen-bond donors (Lipinski definition) is 1. The van der Waals surface area contributed by atoms with Gasteiger partial charge in [0.25, 0.3) is 0 Å². The molecule has 1 aliphatic heterocycles. The molecule has 3 rings (SSSR count). The number of carbonyl (C=O) groups is 2. The molecule has 1 saturated heterocycles. The first kappa shape index (κ1) is 19.7. The van der Waals surface area contributed by atoms with Gasteiger partial charge in [0.2, 0.25) is 11.8 Å². The molecule has 1 N–H and O–H groups in total. The maximum Gasteiger partial charge on any atom is 0.226 e. The number of hydrogen-bond acceptors (Lipinski definition) is 4. The quantitative estimate of drug-likeness (QED) is 0.799. The monoisotopic (exact) mass is 382 g/mol. The Hall–Kier alpha value is -3.02. The van der Waals surface area contributed by atoms with Crippen molar-refractivity contribution >= 4 is 11.8 Å². The minimum atomic E-state index is -0.384. The number of nitrogens with zero attached hydrogens (tertiary/aromatic N) is 1. The van der Waals surface area contributed by atoms with E-state index in [0.717, 1.165) is 11.1 Å². The summed E-state index contributed by atoms with van der Waals surface area (Å²) in [4.78, 5) is 26.7. The van der Waals surface area contributed by atoms with E-state index in [4.69, 9.17) is 9.47 Å². The van der Waals surface area contributed by atoms with Gasteiger partial charge in [-0.15, -0.1) is 0 Å². The average molecular weight is 382 g/mol. The Bertz CT molecular complexity index is 838. The van der Waals surface area contributed by atoms with Crippen molar-refractivity contribution in [1.82, 2.24) is 10.2 Å². The molecule has 1 heterocycles. The minimum Gasteiger partial charge on any atom is -0.493 e. The lowest BCUT2D eigenvalue weighted by Gasteiger charge is -2.25. The molecule has 0 unspecified atom stereocenters. The normalized spacial score (nSPS) is 18.8. The number of ether oxygens (including phenoxy) is 2. The Labute approximate surface area is 165 Å². The molecule has 0 spiro atoms. The van der Waals surface area contributed by atoms with Crippen molar-refractivity contribution in [2.45, 2.75) is 18.9 Å². The summed E-state index contributed by atoms with van der Waals surface area (Å²) < 4.78 is 10.6. The molecule has 2 aromatic carbocycles. The van der Waals surface area contributed by atoms with Crippen LogP contribution in [0.3, 0.4) is 0 Å². The van der Waals surface area contributed by atoms with Crippen LogP contribution in [0.15, 0.2) is 48.5 Å². The van der Waals surface area contributed by atoms with Crippen LogP contribution in [0.2, 0.25) is 0 Å². The summed E-state index contributed by atoms with van der Waals surface area (Å²) in [6.07, 6.45) is 0.900. The van der Waals surface area contributed by atoms with Crippen LogP contribution in [0.4, 0.5) is 0 Å². The fourth-order valence-electron chi connectivity index (χ4n) is 3.71. The number of amides is 2. The first-order valence-electron chi connectivity index (χ1n) is 9.34. The number of rotatable bonds is 7. The number of likely N-dealkylation sites (tertiary alicyclic amines) is 1. The second-order valence-corrected chi connectivity index (χ2v) is 6.90. The molecule has 0 bridgehead atoms. The predicted octanol–water partition coefficient (Wildman–Crippen LogP) is 2.58. The van der Waals surface area contributed by atoms with E-state index in [1.165, 1.54) is 0 Å². The van der Waals surface area contributed by atoms with Crippen molar-refractivity contribution in [2.75, 3.05) is 27.8 Å². The van der Waals surface area contributed by atoms with Gasteiger partial charge in [-0.1, -0.05) is 36.4 Å². The summed E-state index contributed by atoms with van der Waals surface area (Å²) in [5.41, 5.74) is 2.02. The lowest BCUT2D eigenvalue weighted by Crippen LogP contribution is -2.35. The van der Waals surface area contributed by atoms with Crippen molar-refractivity contribution in [3.05, 3.63) is 59.7 Å². The summed E-state index contributed by atoms with van der Waals surface area (Å²) >= 11 is 0. The van der Waals surface area contributed by atoms with Gasteiger partial charge in [0.05, 0.1) is 26.2 Å². The van der Waals surface area contributed by atoms with E-state index in [0.29, 0.717) is 24.5 Å². The van der Waals surface area contributed by atoms with Crippen molar-refractivity contribution in [1.29, 1.82) is 0 Å². The summed E-state index contributed by atoms with van der Waals surface area (Å²) in [7, 11) is 4.96. The summed E-state index contributed by atoms with van der Waals surface area (Å²) in [6, 6.07) is 15.2. The van der Waals surface area contributed by atoms with Gasteiger partial charge in [0, 0.05) is 20.0 Å². The van der Waals surface area contributed by atoms with E-state index >= 15 is 0 Å². The maximum atomic E-state index is 12.8. The van der Waals surface area contributed by atoms with E-state index in [-0.39, 0.29) is 30.2 Å². The van der Waals surface area contributed by atoms with Crippen molar-refractivity contribution in [2.24, 2.45) is 5.92 Å². The highest BCUT2D eigenvalue weighted by Crippen LogP contribution is 2.37. The molecular formula is C22H26N2O4. The molecule has 2 atom stereocenters. The molecule has 2 aromatic rings. The van der Waals surface area contributed by atoms with Gasteiger partial charge in [0.15, 0.2) is 11.5 Å². The van der Waals surface area contributed by atoms with Crippen LogP contribution >= 0.6 is 0 Å². The van der Waals surface area contributed by atoms with Gasteiger partial charge in [-0.3, -0.25) is 9.59 Å². The third-order valence-electron chi connectivity index (χ3n) is 5.23. The predicted molar refractivity (Wildman–Crippen MR) is 106 cm³/mol. The van der Waals surface area contributed by atoms with E-state index in [2.05, 4.69) is 5.32 Å². The van der Waals surface area contributed by atoms with Crippen LogP contribution < -0.4 is 14.8 Å². The molecule has 2 amide bonds. The highest BCUT2D eigenvalue weighted by Gasteiger charge is 2.42. The second kappa shape index (κ2) is 8.78. The average Bonchev–Trinajstić information content (AvgIpc) is 3.03. The summed E-state index contributed by atoms with van der Waals surface area (Å²) in [5, 5.41) is 2.99. The number of methoxy groups -OCH3 is 2. The van der Waals surface area contributed by atoms with Crippen LogP contribution in [-0.4, -0.2) is 44.5 Å². The Morgan fingerprint density at radius 3 is 2.50 bits per heavy atom. The van der Waals surface area contributed by atoms with E-state index < -0.39 is 0 Å². The Morgan fingerprint density at radius 2 is 1.82 bits per heavy atom. The lowest BCUT2D eigenvalue weighted by atomic mass is 9.93. The fraction of sp³-hybridized carbons (Fsp3) is 0.364. The minimum absolute atomic E-state index is 0.00565. The molecule has 0 saturated carbocycles. The van der Waals surface area contributed by atoms with Crippen LogP contribution in [0.25, 0.3) is 0 Å². The highest BCUT2D eigenvalue weighted by molar-refractivity contribution is 5.90. The SMILES string of the molecule is COc1ccc(CCNC(=O)[C@H]2CC(=O)N(C)[C@H]2c2ccccc2)cc1OC. The third-order valence-corrected chi connectivity index (χ3v) is 5.23. The molecule has 6 heteroatoms. The van der Waals surface area contributed by atoms with Crippen molar-refractivity contribution in [3.8, 4) is 11.5 Å². The molecule has 0 aromatic heterocycles. The molecule has 148 valence electrons. The van der Waals surface area contributed by atoms with Gasteiger partial charge >= 0.3 is 0 Å². The zero-order chi connectivity index (χ0) is 20.1. The van der Waals surface area contributed by atoms with Crippen LogP contribution in [-0.2, 0) is 16.0 Å². The van der Waals surface area contributed by atoms with Crippen LogP contribution in [0.5, 0.6) is 11.5 Å². The van der Waals surface area contributed by atoms with Gasteiger partial charge in [-0.05, 0) is 29.7 Å². The molecule has 0 aliphatic carbocycles. The third kappa shape index (κ3) is 4.11. The number of nitrogens with one attached hydrogen (secondary N) is 1. The molecular weight excluding hydrogens is 356 g/mol. The molecule has 0 radical (unpaired) electrons. The van der Waals surface area contributed by atoms with Gasteiger partial charge in [-0.25, -0.2) is 0 Å². The molecule has 28 heavy (non-hydrogen) atoms. The Balaban J connectivity index is 1.63. The maximum absolute atomic E-state index is 12.8. The smallest absolute Gasteiger partial charge is 0.226 e. The van der Waals surface area contributed by atoms with Gasteiger partial charge in [0.1, 0.15) is 0 Å². The van der Waals surface area contributed by atoms with E-state index in [1.54, 1.807) is 26.2 Å². The molecule has 1 aliphatic rings. The van der Waals surface area contributed by atoms with E-state index in [1.807, 2.05) is 48.5 Å². The first-order valence-corrected chi connectivity index (χ1v) is 9.34. The highest BCUT2D eigenvalue weighted by atomic mass is 16.5. The largest absolute Gasteiger partial charge is 0.493 e. The van der Waals surface area contributed by atoms with Crippen LogP contribution in [0, 0.1) is 5.92 Å². The number of benzene rings is 2. The van der Waals surface area contributed by atoms with Gasteiger partial charge in [-0.2, -0.15) is 0 Å². The van der Waals surface area contributed by atoms with Crippen molar-refractivity contribution in [3.63, 3.8) is 0 Å². The zero-order valence-corrected chi connectivity index (χ0v) is 16.5. The lowest BCUT2D eigenvalue weighted by molar-refractivity contribution is -0.128. The Kier molecular flexibility index (Phi) is 6.19. The topological polar surface area (TPSA) is 67.9 Å². The first-order chi connectivity index (χ1) is 13.5. The zero-order valence-electron chi connectivity index (χ0n) is 16.5. The molecule has 1 fully saturated rings. The van der Waals surface area contributed by atoms with E-state index in [9.17, 15) is 9.59 Å². The fourth-order valence-corrected chi connectivity index (χ4v) is 3.71. The second-order valence-electron chi connectivity index (χ2n) is 6.90. The Morgan fingerprint density at radius 1 is 1.11 bits per heavy atom.